The first-order chi connectivity index (χ1) is 7.31. The quantitative estimate of drug-likeness (QED) is 0.800. The van der Waals surface area contributed by atoms with Gasteiger partial charge in [0.2, 0.25) is 0 Å². The van der Waals surface area contributed by atoms with Crippen LogP contribution in [0.1, 0.15) is 24.6 Å². The number of aromatic nitrogens is 2. The first kappa shape index (κ1) is 10.1. The molecule has 80 valence electrons. The minimum atomic E-state index is 0.582. The number of nitrogens with zero attached hydrogens (tertiary/aromatic N) is 2. The molecule has 2 heterocycles. The summed E-state index contributed by atoms with van der Waals surface area (Å²) in [4.78, 5) is 8.99. The Hall–Kier alpha value is -0.130. The van der Waals surface area contributed by atoms with Gasteiger partial charge in [-0.25, -0.2) is 9.97 Å². The number of halogens is 1. The van der Waals surface area contributed by atoms with Crippen LogP contribution in [0.15, 0.2) is 15.7 Å². The summed E-state index contributed by atoms with van der Waals surface area (Å²) in [6.45, 7) is 1.70. The molecule has 0 atom stereocenters. The third kappa shape index (κ3) is 2.34. The fourth-order valence-corrected chi connectivity index (χ4v) is 3.00. The lowest BCUT2D eigenvalue weighted by Crippen LogP contribution is -2.30. The van der Waals surface area contributed by atoms with Gasteiger partial charge in [-0.2, -0.15) is 0 Å². The van der Waals surface area contributed by atoms with Crippen LogP contribution in [0.25, 0.3) is 0 Å². The molecule has 3 rings (SSSR count). The van der Waals surface area contributed by atoms with Crippen molar-refractivity contribution in [1.82, 2.24) is 9.97 Å². The molecule has 1 aromatic rings. The second-order valence-electron chi connectivity index (χ2n) is 3.94. The Labute approximate surface area is 101 Å². The van der Waals surface area contributed by atoms with Crippen molar-refractivity contribution < 1.29 is 4.74 Å². The number of hydrogen-bond donors (Lipinski definition) is 0. The molecule has 5 heteroatoms. The number of rotatable bonds is 3. The van der Waals surface area contributed by atoms with Crippen molar-refractivity contribution in [2.45, 2.75) is 29.0 Å². The van der Waals surface area contributed by atoms with Crippen molar-refractivity contribution in [1.29, 1.82) is 0 Å². The van der Waals surface area contributed by atoms with Gasteiger partial charge in [0, 0.05) is 12.0 Å². The summed E-state index contributed by atoms with van der Waals surface area (Å²) in [5.74, 6) is 1.62. The Morgan fingerprint density at radius 2 is 2.13 bits per heavy atom. The lowest BCUT2D eigenvalue weighted by Gasteiger charge is -2.24. The van der Waals surface area contributed by atoms with Crippen LogP contribution in [0, 0.1) is 0 Å². The van der Waals surface area contributed by atoms with Gasteiger partial charge in [-0.05, 0) is 28.8 Å². The summed E-state index contributed by atoms with van der Waals surface area (Å²) in [5.41, 5.74) is 0. The van der Waals surface area contributed by atoms with E-state index in [1.165, 1.54) is 12.8 Å². The average Bonchev–Trinajstić information content (AvgIpc) is 2.93. The van der Waals surface area contributed by atoms with Crippen LogP contribution in [0.4, 0.5) is 0 Å². The van der Waals surface area contributed by atoms with Crippen LogP contribution in [-0.2, 0) is 4.74 Å². The molecule has 2 fully saturated rings. The van der Waals surface area contributed by atoms with Crippen molar-refractivity contribution in [3.05, 3.63) is 16.5 Å². The first-order valence-electron chi connectivity index (χ1n) is 5.10. The maximum absolute atomic E-state index is 5.15. The second-order valence-corrected chi connectivity index (χ2v) is 6.07. The molecule has 15 heavy (non-hydrogen) atoms. The average molecular weight is 287 g/mol. The summed E-state index contributed by atoms with van der Waals surface area (Å²) < 4.78 is 6.06. The molecule has 0 amide bonds. The molecule has 2 aliphatic rings. The normalized spacial score (nSPS) is 21.4. The highest BCUT2D eigenvalue weighted by molar-refractivity contribution is 9.10. The molecule has 0 spiro atoms. The van der Waals surface area contributed by atoms with Crippen molar-refractivity contribution in [2.24, 2.45) is 0 Å². The minimum absolute atomic E-state index is 0.582. The predicted molar refractivity (Wildman–Crippen MR) is 62.2 cm³/mol. The first-order valence-corrected chi connectivity index (χ1v) is 6.77. The van der Waals surface area contributed by atoms with Gasteiger partial charge < -0.3 is 4.74 Å². The molecule has 0 unspecified atom stereocenters. The topological polar surface area (TPSA) is 35.0 Å². The largest absolute Gasteiger partial charge is 0.379 e. The molecule has 3 nitrogen and oxygen atoms in total. The van der Waals surface area contributed by atoms with Crippen molar-refractivity contribution in [3.8, 4) is 0 Å². The highest BCUT2D eigenvalue weighted by atomic mass is 79.9. The highest BCUT2D eigenvalue weighted by Gasteiger charge is 2.28. The van der Waals surface area contributed by atoms with Gasteiger partial charge in [0.25, 0.3) is 0 Å². The van der Waals surface area contributed by atoms with E-state index in [9.17, 15) is 0 Å². The van der Waals surface area contributed by atoms with E-state index in [4.69, 9.17) is 4.74 Å². The Morgan fingerprint density at radius 1 is 1.33 bits per heavy atom. The Morgan fingerprint density at radius 3 is 2.73 bits per heavy atom. The van der Waals surface area contributed by atoms with E-state index >= 15 is 0 Å². The smallest absolute Gasteiger partial charge is 0.134 e. The second kappa shape index (κ2) is 4.03. The third-order valence-corrected chi connectivity index (χ3v) is 3.99. The summed E-state index contributed by atoms with van der Waals surface area (Å²) in [6, 6.07) is 1.99. The Balaban J connectivity index is 1.79. The SMILES string of the molecule is Brc1cc(SC2COC2)nc(C2CC2)n1. The molecule has 1 saturated heterocycles. The van der Waals surface area contributed by atoms with Crippen LogP contribution in [0.2, 0.25) is 0 Å². The molecule has 0 radical (unpaired) electrons. The van der Waals surface area contributed by atoms with Crippen molar-refractivity contribution in [2.75, 3.05) is 13.2 Å². The van der Waals surface area contributed by atoms with Gasteiger partial charge in [-0.15, -0.1) is 0 Å². The monoisotopic (exact) mass is 286 g/mol. The van der Waals surface area contributed by atoms with E-state index in [1.807, 2.05) is 6.07 Å². The molecular weight excluding hydrogens is 276 g/mol. The molecule has 1 saturated carbocycles. The van der Waals surface area contributed by atoms with Gasteiger partial charge in [-0.1, -0.05) is 11.8 Å². The molecule has 1 aliphatic carbocycles. The van der Waals surface area contributed by atoms with E-state index in [2.05, 4.69) is 25.9 Å². The van der Waals surface area contributed by atoms with E-state index in [0.717, 1.165) is 28.7 Å². The number of ether oxygens (including phenoxy) is 1. The summed E-state index contributed by atoms with van der Waals surface area (Å²) >= 11 is 5.24. The van der Waals surface area contributed by atoms with E-state index < -0.39 is 0 Å². The fraction of sp³-hybridized carbons (Fsp3) is 0.600. The lowest BCUT2D eigenvalue weighted by molar-refractivity contribution is 0.0454. The zero-order chi connectivity index (χ0) is 10.3. The van der Waals surface area contributed by atoms with E-state index in [1.54, 1.807) is 11.8 Å². The molecule has 1 aliphatic heterocycles. The van der Waals surface area contributed by atoms with Gasteiger partial charge in [0.15, 0.2) is 0 Å². The number of hydrogen-bond acceptors (Lipinski definition) is 4. The van der Waals surface area contributed by atoms with Crippen LogP contribution >= 0.6 is 27.7 Å². The molecule has 1 aromatic heterocycles. The van der Waals surface area contributed by atoms with Crippen LogP contribution < -0.4 is 0 Å². The van der Waals surface area contributed by atoms with Gasteiger partial charge in [-0.3, -0.25) is 0 Å². The van der Waals surface area contributed by atoms with E-state index in [0.29, 0.717) is 11.2 Å². The van der Waals surface area contributed by atoms with Crippen molar-refractivity contribution in [3.63, 3.8) is 0 Å². The highest BCUT2D eigenvalue weighted by Crippen LogP contribution is 2.39. The van der Waals surface area contributed by atoms with Crippen LogP contribution in [-0.4, -0.2) is 28.4 Å². The van der Waals surface area contributed by atoms with Gasteiger partial charge in [0.1, 0.15) is 15.5 Å². The lowest BCUT2D eigenvalue weighted by atomic mass is 10.4. The Kier molecular flexibility index (Phi) is 2.70. The maximum atomic E-state index is 5.15. The van der Waals surface area contributed by atoms with Crippen LogP contribution in [0.3, 0.4) is 0 Å². The summed E-state index contributed by atoms with van der Waals surface area (Å²) in [6.07, 6.45) is 2.49. The van der Waals surface area contributed by atoms with Gasteiger partial charge in [0.05, 0.1) is 18.5 Å². The fourth-order valence-electron chi connectivity index (χ4n) is 1.45. The zero-order valence-corrected chi connectivity index (χ0v) is 10.6. The third-order valence-electron chi connectivity index (χ3n) is 2.53. The molecule has 0 N–H and O–H groups in total. The predicted octanol–water partition coefficient (Wildman–Crippen LogP) is 2.61. The zero-order valence-electron chi connectivity index (χ0n) is 8.15. The summed E-state index contributed by atoms with van der Waals surface area (Å²) in [7, 11) is 0. The minimum Gasteiger partial charge on any atom is -0.379 e. The maximum Gasteiger partial charge on any atom is 0.134 e. The van der Waals surface area contributed by atoms with Gasteiger partial charge >= 0.3 is 0 Å². The number of thioether (sulfide) groups is 1. The van der Waals surface area contributed by atoms with Crippen LogP contribution in [0.5, 0.6) is 0 Å². The molecule has 0 bridgehead atoms. The molecular formula is C10H11BrN2OS. The summed E-state index contributed by atoms with van der Waals surface area (Å²) in [5, 5.41) is 1.66. The van der Waals surface area contributed by atoms with Crippen molar-refractivity contribution >= 4 is 27.7 Å². The van der Waals surface area contributed by atoms with E-state index in [-0.39, 0.29) is 0 Å². The standard InChI is InChI=1S/C10H11BrN2OS/c11-8-3-9(15-7-4-14-5-7)13-10(12-8)6-1-2-6/h3,6-7H,1-2,4-5H2. The Bertz CT molecular complexity index is 380. The molecule has 0 aromatic carbocycles.